The van der Waals surface area contributed by atoms with Gasteiger partial charge in [-0.1, -0.05) is 29.8 Å². The van der Waals surface area contributed by atoms with Crippen LogP contribution in [0.4, 0.5) is 11.4 Å². The molecule has 0 spiro atoms. The molecule has 0 radical (unpaired) electrons. The maximum absolute atomic E-state index is 12.9. The van der Waals surface area contributed by atoms with Crippen molar-refractivity contribution in [1.29, 1.82) is 0 Å². The summed E-state index contributed by atoms with van der Waals surface area (Å²) in [7, 11) is 1.38. The van der Waals surface area contributed by atoms with Crippen molar-refractivity contribution in [3.8, 4) is 0 Å². The molecule has 5 heteroatoms. The number of aryl methyl sites for hydroxylation is 1. The van der Waals surface area contributed by atoms with Gasteiger partial charge >= 0.3 is 5.97 Å². The van der Waals surface area contributed by atoms with Crippen LogP contribution >= 0.6 is 0 Å². The van der Waals surface area contributed by atoms with Gasteiger partial charge in [-0.15, -0.1) is 0 Å². The number of ether oxygens (including phenoxy) is 1. The van der Waals surface area contributed by atoms with Crippen molar-refractivity contribution in [2.45, 2.75) is 13.3 Å². The quantitative estimate of drug-likeness (QED) is 0.869. The van der Waals surface area contributed by atoms with E-state index in [9.17, 15) is 9.59 Å². The fourth-order valence-electron chi connectivity index (χ4n) is 3.05. The van der Waals surface area contributed by atoms with Gasteiger partial charge in [0.05, 0.1) is 24.3 Å². The monoisotopic (exact) mass is 338 g/mol. The Morgan fingerprint density at radius 2 is 1.84 bits per heavy atom. The Morgan fingerprint density at radius 3 is 2.56 bits per heavy atom. The third-order valence-electron chi connectivity index (χ3n) is 4.50. The minimum Gasteiger partial charge on any atom is -0.469 e. The number of para-hydroxylation sites is 1. The molecule has 2 aromatic rings. The van der Waals surface area contributed by atoms with Crippen LogP contribution in [0.25, 0.3) is 0 Å². The van der Waals surface area contributed by atoms with Gasteiger partial charge in [0.15, 0.2) is 0 Å². The van der Waals surface area contributed by atoms with E-state index >= 15 is 0 Å². The van der Waals surface area contributed by atoms with Crippen LogP contribution in [-0.4, -0.2) is 37.0 Å². The number of likely N-dealkylation sites (tertiary alicyclic amines) is 1. The molecular weight excluding hydrogens is 316 g/mol. The summed E-state index contributed by atoms with van der Waals surface area (Å²) in [5.41, 5.74) is 3.48. The van der Waals surface area contributed by atoms with Gasteiger partial charge in [0.1, 0.15) is 0 Å². The Bertz CT molecular complexity index is 771. The second kappa shape index (κ2) is 7.38. The topological polar surface area (TPSA) is 58.6 Å². The lowest BCUT2D eigenvalue weighted by molar-refractivity contribution is -0.144. The van der Waals surface area contributed by atoms with Crippen molar-refractivity contribution in [3.63, 3.8) is 0 Å². The van der Waals surface area contributed by atoms with Crippen molar-refractivity contribution in [2.24, 2.45) is 5.92 Å². The molecule has 1 aliphatic rings. The summed E-state index contributed by atoms with van der Waals surface area (Å²) >= 11 is 0. The maximum atomic E-state index is 12.9. The zero-order valence-corrected chi connectivity index (χ0v) is 14.5. The molecule has 1 amide bonds. The number of esters is 1. The van der Waals surface area contributed by atoms with Gasteiger partial charge in [-0.3, -0.25) is 9.59 Å². The third-order valence-corrected chi connectivity index (χ3v) is 4.50. The molecule has 0 aliphatic carbocycles. The standard InChI is InChI=1S/C20H22N2O3/c1-14-7-9-16(10-8-14)21-18-6-4-3-5-17(18)19(23)22-12-11-15(13-22)20(24)25-2/h3-10,15,21H,11-13H2,1-2H3. The average molecular weight is 338 g/mol. The van der Waals surface area contributed by atoms with Gasteiger partial charge in [0, 0.05) is 18.8 Å². The first-order valence-electron chi connectivity index (χ1n) is 8.38. The number of hydrogen-bond donors (Lipinski definition) is 1. The van der Waals surface area contributed by atoms with Crippen LogP contribution in [0, 0.1) is 12.8 Å². The largest absolute Gasteiger partial charge is 0.469 e. The zero-order valence-electron chi connectivity index (χ0n) is 14.5. The number of nitrogens with zero attached hydrogens (tertiary/aromatic N) is 1. The molecule has 0 aromatic heterocycles. The summed E-state index contributed by atoms with van der Waals surface area (Å²) in [5.74, 6) is -0.547. The van der Waals surface area contributed by atoms with Crippen LogP contribution < -0.4 is 5.32 Å². The molecule has 1 aliphatic heterocycles. The summed E-state index contributed by atoms with van der Waals surface area (Å²) in [4.78, 5) is 26.3. The number of anilines is 2. The van der Waals surface area contributed by atoms with Crippen LogP contribution in [0.3, 0.4) is 0 Å². The fourth-order valence-corrected chi connectivity index (χ4v) is 3.05. The molecule has 3 rings (SSSR count). The van der Waals surface area contributed by atoms with Crippen LogP contribution in [0.2, 0.25) is 0 Å². The summed E-state index contributed by atoms with van der Waals surface area (Å²) in [6, 6.07) is 15.5. The molecule has 1 atom stereocenters. The van der Waals surface area contributed by atoms with E-state index in [1.165, 1.54) is 12.7 Å². The van der Waals surface area contributed by atoms with Gasteiger partial charge in [-0.25, -0.2) is 0 Å². The lowest BCUT2D eigenvalue weighted by atomic mass is 10.1. The van der Waals surface area contributed by atoms with E-state index < -0.39 is 0 Å². The van der Waals surface area contributed by atoms with Gasteiger partial charge in [0.2, 0.25) is 0 Å². The van der Waals surface area contributed by atoms with E-state index in [-0.39, 0.29) is 17.8 Å². The Morgan fingerprint density at radius 1 is 1.12 bits per heavy atom. The highest BCUT2D eigenvalue weighted by molar-refractivity contribution is 6.00. The van der Waals surface area contributed by atoms with E-state index in [0.29, 0.717) is 25.1 Å². The first kappa shape index (κ1) is 17.0. The first-order chi connectivity index (χ1) is 12.1. The van der Waals surface area contributed by atoms with Gasteiger partial charge in [-0.05, 0) is 37.6 Å². The molecule has 130 valence electrons. The summed E-state index contributed by atoms with van der Waals surface area (Å²) in [5, 5.41) is 3.31. The van der Waals surface area contributed by atoms with Gasteiger partial charge in [0.25, 0.3) is 5.91 Å². The number of nitrogens with one attached hydrogen (secondary N) is 1. The van der Waals surface area contributed by atoms with Crippen LogP contribution in [0.5, 0.6) is 0 Å². The highest BCUT2D eigenvalue weighted by Gasteiger charge is 2.32. The second-order valence-corrected chi connectivity index (χ2v) is 6.30. The minimum absolute atomic E-state index is 0.0679. The number of amides is 1. The molecule has 25 heavy (non-hydrogen) atoms. The molecule has 1 N–H and O–H groups in total. The molecule has 2 aromatic carbocycles. The first-order valence-corrected chi connectivity index (χ1v) is 8.38. The van der Waals surface area contributed by atoms with Crippen molar-refractivity contribution >= 4 is 23.3 Å². The number of methoxy groups -OCH3 is 1. The average Bonchev–Trinajstić information content (AvgIpc) is 3.13. The minimum atomic E-state index is -0.249. The number of carbonyl (C=O) groups excluding carboxylic acids is 2. The predicted octanol–water partition coefficient (Wildman–Crippen LogP) is 3.37. The number of carbonyl (C=O) groups is 2. The molecule has 0 bridgehead atoms. The predicted molar refractivity (Wildman–Crippen MR) is 96.9 cm³/mol. The number of hydrogen-bond acceptors (Lipinski definition) is 4. The van der Waals surface area contributed by atoms with E-state index in [1.54, 1.807) is 4.90 Å². The van der Waals surface area contributed by atoms with Gasteiger partial charge in [-0.2, -0.15) is 0 Å². The third kappa shape index (κ3) is 3.82. The zero-order chi connectivity index (χ0) is 17.8. The van der Waals surface area contributed by atoms with Crippen molar-refractivity contribution in [2.75, 3.05) is 25.5 Å². The molecule has 1 unspecified atom stereocenters. The Kier molecular flexibility index (Phi) is 5.03. The fraction of sp³-hybridized carbons (Fsp3) is 0.300. The second-order valence-electron chi connectivity index (χ2n) is 6.30. The highest BCUT2D eigenvalue weighted by atomic mass is 16.5. The molecule has 5 nitrogen and oxygen atoms in total. The molecule has 0 saturated carbocycles. The Labute approximate surface area is 147 Å². The highest BCUT2D eigenvalue weighted by Crippen LogP contribution is 2.25. The Hall–Kier alpha value is -2.82. The molecule has 1 saturated heterocycles. The van der Waals surface area contributed by atoms with Crippen LogP contribution in [0.1, 0.15) is 22.3 Å². The molecular formula is C20H22N2O3. The normalized spacial score (nSPS) is 16.6. The van der Waals surface area contributed by atoms with E-state index in [4.69, 9.17) is 4.74 Å². The van der Waals surface area contributed by atoms with Crippen molar-refractivity contribution < 1.29 is 14.3 Å². The van der Waals surface area contributed by atoms with E-state index in [2.05, 4.69) is 5.32 Å². The van der Waals surface area contributed by atoms with Crippen molar-refractivity contribution in [1.82, 2.24) is 4.90 Å². The summed E-state index contributed by atoms with van der Waals surface area (Å²) < 4.78 is 4.79. The maximum Gasteiger partial charge on any atom is 0.310 e. The van der Waals surface area contributed by atoms with E-state index in [0.717, 1.165) is 11.4 Å². The SMILES string of the molecule is COC(=O)C1CCN(C(=O)c2ccccc2Nc2ccc(C)cc2)C1. The smallest absolute Gasteiger partial charge is 0.310 e. The molecule has 1 heterocycles. The number of benzene rings is 2. The lowest BCUT2D eigenvalue weighted by Gasteiger charge is -2.19. The lowest BCUT2D eigenvalue weighted by Crippen LogP contribution is -2.30. The van der Waals surface area contributed by atoms with E-state index in [1.807, 2.05) is 55.5 Å². The number of rotatable bonds is 4. The van der Waals surface area contributed by atoms with Crippen LogP contribution in [-0.2, 0) is 9.53 Å². The Balaban J connectivity index is 1.77. The van der Waals surface area contributed by atoms with Gasteiger partial charge < -0.3 is 15.0 Å². The summed E-state index contributed by atoms with van der Waals surface area (Å²) in [6.45, 7) is 3.01. The molecule has 1 fully saturated rings. The summed E-state index contributed by atoms with van der Waals surface area (Å²) in [6.07, 6.45) is 0.645. The van der Waals surface area contributed by atoms with Crippen molar-refractivity contribution in [3.05, 3.63) is 59.7 Å². The van der Waals surface area contributed by atoms with Crippen LogP contribution in [0.15, 0.2) is 48.5 Å².